The van der Waals surface area contributed by atoms with Crippen LogP contribution in [0.25, 0.3) is 0 Å². The number of hydrogen-bond acceptors (Lipinski definition) is 4. The fourth-order valence-electron chi connectivity index (χ4n) is 2.52. The van der Waals surface area contributed by atoms with Crippen LogP contribution in [-0.2, 0) is 0 Å². The molecule has 4 nitrogen and oxygen atoms in total. The zero-order chi connectivity index (χ0) is 12.1. The molecule has 0 aliphatic heterocycles. The number of nitrogens with one attached hydrogen (secondary N) is 2. The van der Waals surface area contributed by atoms with E-state index in [1.807, 2.05) is 6.07 Å². The van der Waals surface area contributed by atoms with Crippen molar-refractivity contribution in [3.05, 3.63) is 12.4 Å². The van der Waals surface area contributed by atoms with Gasteiger partial charge in [-0.25, -0.2) is 9.97 Å². The Morgan fingerprint density at radius 1 is 1.29 bits per heavy atom. The Balaban J connectivity index is 1.94. The van der Waals surface area contributed by atoms with Crippen LogP contribution < -0.4 is 10.6 Å². The molecule has 0 amide bonds. The summed E-state index contributed by atoms with van der Waals surface area (Å²) in [7, 11) is 0. The third-order valence-electron chi connectivity index (χ3n) is 3.51. The molecule has 1 unspecified atom stereocenters. The average molecular weight is 234 g/mol. The predicted octanol–water partition coefficient (Wildman–Crippen LogP) is 2.90. The van der Waals surface area contributed by atoms with Gasteiger partial charge in [0.05, 0.1) is 0 Å². The molecule has 1 aromatic rings. The molecule has 1 fully saturated rings. The van der Waals surface area contributed by atoms with E-state index in [1.54, 1.807) is 6.33 Å². The van der Waals surface area contributed by atoms with Gasteiger partial charge in [0, 0.05) is 18.7 Å². The van der Waals surface area contributed by atoms with E-state index < -0.39 is 0 Å². The zero-order valence-corrected chi connectivity index (χ0v) is 10.7. The molecular weight excluding hydrogens is 212 g/mol. The van der Waals surface area contributed by atoms with E-state index in [9.17, 15) is 0 Å². The van der Waals surface area contributed by atoms with E-state index in [2.05, 4.69) is 34.4 Å². The molecule has 4 heteroatoms. The smallest absolute Gasteiger partial charge is 0.131 e. The first-order valence-corrected chi connectivity index (χ1v) is 6.62. The largest absolute Gasteiger partial charge is 0.370 e. The first-order valence-electron chi connectivity index (χ1n) is 6.62. The molecule has 2 rings (SSSR count). The summed E-state index contributed by atoms with van der Waals surface area (Å²) in [6.45, 7) is 5.20. The highest BCUT2D eigenvalue weighted by Gasteiger charge is 2.21. The highest BCUT2D eigenvalue weighted by molar-refractivity contribution is 5.46. The summed E-state index contributed by atoms with van der Waals surface area (Å²) in [5.41, 5.74) is 0. The van der Waals surface area contributed by atoms with E-state index in [-0.39, 0.29) is 0 Å². The SMILES string of the molecule is CCNc1cc(NC(C)C2CCCC2)ncn1. The summed E-state index contributed by atoms with van der Waals surface area (Å²) in [5, 5.41) is 6.69. The van der Waals surface area contributed by atoms with Crippen molar-refractivity contribution in [2.24, 2.45) is 5.92 Å². The van der Waals surface area contributed by atoms with Crippen LogP contribution in [0.1, 0.15) is 39.5 Å². The zero-order valence-electron chi connectivity index (χ0n) is 10.7. The minimum atomic E-state index is 0.502. The van der Waals surface area contributed by atoms with Crippen molar-refractivity contribution in [3.63, 3.8) is 0 Å². The molecule has 0 aromatic carbocycles. The van der Waals surface area contributed by atoms with E-state index >= 15 is 0 Å². The third kappa shape index (κ3) is 3.32. The minimum Gasteiger partial charge on any atom is -0.370 e. The monoisotopic (exact) mass is 234 g/mol. The first-order chi connectivity index (χ1) is 8.29. The molecule has 0 spiro atoms. The van der Waals surface area contributed by atoms with Crippen LogP contribution in [-0.4, -0.2) is 22.6 Å². The Kier molecular flexibility index (Phi) is 4.18. The molecule has 2 N–H and O–H groups in total. The number of aromatic nitrogens is 2. The van der Waals surface area contributed by atoms with Crippen molar-refractivity contribution in [2.45, 2.75) is 45.6 Å². The van der Waals surface area contributed by atoms with Crippen molar-refractivity contribution < 1.29 is 0 Å². The van der Waals surface area contributed by atoms with Gasteiger partial charge in [0.15, 0.2) is 0 Å². The molecule has 1 heterocycles. The maximum Gasteiger partial charge on any atom is 0.131 e. The fourth-order valence-corrected chi connectivity index (χ4v) is 2.52. The standard InChI is InChI=1S/C13H22N4/c1-3-14-12-8-13(16-9-15-12)17-10(2)11-6-4-5-7-11/h8-11H,3-7H2,1-2H3,(H2,14,15,16,17). The van der Waals surface area contributed by atoms with Crippen LogP contribution in [0.2, 0.25) is 0 Å². The number of anilines is 2. The van der Waals surface area contributed by atoms with Crippen LogP contribution in [0, 0.1) is 5.92 Å². The second-order valence-electron chi connectivity index (χ2n) is 4.80. The minimum absolute atomic E-state index is 0.502. The van der Waals surface area contributed by atoms with Gasteiger partial charge in [0.25, 0.3) is 0 Å². The van der Waals surface area contributed by atoms with E-state index in [1.165, 1.54) is 25.7 Å². The van der Waals surface area contributed by atoms with Gasteiger partial charge in [-0.1, -0.05) is 12.8 Å². The molecule has 94 valence electrons. The molecule has 1 aliphatic carbocycles. The van der Waals surface area contributed by atoms with Crippen molar-refractivity contribution in [3.8, 4) is 0 Å². The molecule has 17 heavy (non-hydrogen) atoms. The third-order valence-corrected chi connectivity index (χ3v) is 3.51. The summed E-state index contributed by atoms with van der Waals surface area (Å²) >= 11 is 0. The van der Waals surface area contributed by atoms with Crippen LogP contribution in [0.3, 0.4) is 0 Å². The Morgan fingerprint density at radius 2 is 2.00 bits per heavy atom. The van der Waals surface area contributed by atoms with Gasteiger partial charge in [-0.3, -0.25) is 0 Å². The quantitative estimate of drug-likeness (QED) is 0.822. The normalized spacial score (nSPS) is 18.0. The second kappa shape index (κ2) is 5.84. The Bertz CT molecular complexity index is 347. The molecule has 1 atom stereocenters. The van der Waals surface area contributed by atoms with Crippen molar-refractivity contribution in [1.82, 2.24) is 9.97 Å². The summed E-state index contributed by atoms with van der Waals surface area (Å²) in [5.74, 6) is 2.62. The lowest BCUT2D eigenvalue weighted by Crippen LogP contribution is -2.24. The van der Waals surface area contributed by atoms with E-state index in [0.717, 1.165) is 24.1 Å². The van der Waals surface area contributed by atoms with Gasteiger partial charge < -0.3 is 10.6 Å². The number of hydrogen-bond donors (Lipinski definition) is 2. The highest BCUT2D eigenvalue weighted by atomic mass is 15.1. The molecule has 1 aliphatic rings. The Labute approximate surface area is 103 Å². The molecule has 1 aromatic heterocycles. The van der Waals surface area contributed by atoms with Crippen molar-refractivity contribution in [1.29, 1.82) is 0 Å². The number of rotatable bonds is 5. The maximum absolute atomic E-state index is 4.27. The van der Waals surface area contributed by atoms with Crippen LogP contribution >= 0.6 is 0 Å². The predicted molar refractivity (Wildman–Crippen MR) is 71.2 cm³/mol. The summed E-state index contributed by atoms with van der Waals surface area (Å²) in [6.07, 6.45) is 7.06. The maximum atomic E-state index is 4.27. The van der Waals surface area contributed by atoms with Crippen molar-refractivity contribution in [2.75, 3.05) is 17.2 Å². The lowest BCUT2D eigenvalue weighted by molar-refractivity contribution is 0.481. The molecule has 0 bridgehead atoms. The topological polar surface area (TPSA) is 49.8 Å². The molecule has 0 saturated heterocycles. The number of nitrogens with zero attached hydrogens (tertiary/aromatic N) is 2. The molecule has 1 saturated carbocycles. The molecule has 0 radical (unpaired) electrons. The summed E-state index contributed by atoms with van der Waals surface area (Å²) in [6, 6.07) is 2.48. The average Bonchev–Trinajstić information content (AvgIpc) is 2.83. The fraction of sp³-hybridized carbons (Fsp3) is 0.692. The van der Waals surface area contributed by atoms with Crippen LogP contribution in [0.5, 0.6) is 0 Å². The van der Waals surface area contributed by atoms with E-state index in [0.29, 0.717) is 6.04 Å². The van der Waals surface area contributed by atoms with Crippen LogP contribution in [0.15, 0.2) is 12.4 Å². The lowest BCUT2D eigenvalue weighted by atomic mass is 10.00. The summed E-state index contributed by atoms with van der Waals surface area (Å²) in [4.78, 5) is 8.44. The second-order valence-corrected chi connectivity index (χ2v) is 4.80. The van der Waals surface area contributed by atoms with E-state index in [4.69, 9.17) is 0 Å². The lowest BCUT2D eigenvalue weighted by Gasteiger charge is -2.21. The summed E-state index contributed by atoms with van der Waals surface area (Å²) < 4.78 is 0. The Hall–Kier alpha value is -1.32. The van der Waals surface area contributed by atoms with Crippen LogP contribution in [0.4, 0.5) is 11.6 Å². The van der Waals surface area contributed by atoms with Gasteiger partial charge >= 0.3 is 0 Å². The van der Waals surface area contributed by atoms with Gasteiger partial charge in [-0.2, -0.15) is 0 Å². The van der Waals surface area contributed by atoms with Gasteiger partial charge in [-0.05, 0) is 32.6 Å². The molecular formula is C13H22N4. The highest BCUT2D eigenvalue weighted by Crippen LogP contribution is 2.29. The van der Waals surface area contributed by atoms with Gasteiger partial charge in [-0.15, -0.1) is 0 Å². The first kappa shape index (κ1) is 12.1. The van der Waals surface area contributed by atoms with Gasteiger partial charge in [0.1, 0.15) is 18.0 Å². The Morgan fingerprint density at radius 3 is 2.71 bits per heavy atom. The van der Waals surface area contributed by atoms with Crippen molar-refractivity contribution >= 4 is 11.6 Å². The van der Waals surface area contributed by atoms with Gasteiger partial charge in [0.2, 0.25) is 0 Å².